The maximum atomic E-state index is 13.0. The minimum Gasteiger partial charge on any atom is -0.468 e. The Morgan fingerprint density at radius 2 is 1.69 bits per heavy atom. The zero-order chi connectivity index (χ0) is 20.3. The second-order valence-electron chi connectivity index (χ2n) is 7.25. The van der Waals surface area contributed by atoms with Gasteiger partial charge in [0.2, 0.25) is 0 Å². The molecule has 3 aromatic rings. The topological polar surface area (TPSA) is 64.4 Å². The van der Waals surface area contributed by atoms with Crippen LogP contribution in [0.15, 0.2) is 73.3 Å². The summed E-state index contributed by atoms with van der Waals surface area (Å²) in [5, 5.41) is 0. The molecule has 0 spiro atoms. The van der Waals surface area contributed by atoms with Crippen LogP contribution in [0, 0.1) is 0 Å². The van der Waals surface area contributed by atoms with Gasteiger partial charge >= 0.3 is 5.97 Å². The Hall–Kier alpha value is -3.41. The lowest BCUT2D eigenvalue weighted by Crippen LogP contribution is -2.49. The van der Waals surface area contributed by atoms with Crippen LogP contribution in [-0.4, -0.2) is 46.5 Å². The van der Waals surface area contributed by atoms with E-state index in [1.54, 1.807) is 12.5 Å². The predicted molar refractivity (Wildman–Crippen MR) is 109 cm³/mol. The van der Waals surface area contributed by atoms with Gasteiger partial charge in [-0.3, -0.25) is 9.59 Å². The molecular formula is C23H23N3O3. The zero-order valence-electron chi connectivity index (χ0n) is 16.3. The van der Waals surface area contributed by atoms with E-state index >= 15 is 0 Å². The van der Waals surface area contributed by atoms with Crippen LogP contribution < -0.4 is 0 Å². The second kappa shape index (κ2) is 7.91. The second-order valence-corrected chi connectivity index (χ2v) is 7.25. The number of piperidine rings is 1. The van der Waals surface area contributed by atoms with Crippen LogP contribution in [0.3, 0.4) is 0 Å². The molecule has 1 aliphatic heterocycles. The van der Waals surface area contributed by atoms with Gasteiger partial charge in [0.1, 0.15) is 0 Å². The molecule has 0 radical (unpaired) electrons. The Balaban J connectivity index is 1.49. The van der Waals surface area contributed by atoms with Gasteiger partial charge in [0.25, 0.3) is 5.91 Å². The number of carbonyl (C=O) groups is 2. The van der Waals surface area contributed by atoms with E-state index in [1.807, 2.05) is 70.3 Å². The van der Waals surface area contributed by atoms with Crippen molar-refractivity contribution in [2.45, 2.75) is 18.3 Å². The van der Waals surface area contributed by atoms with E-state index in [9.17, 15) is 9.59 Å². The molecule has 0 saturated carbocycles. The van der Waals surface area contributed by atoms with E-state index in [4.69, 9.17) is 4.74 Å². The van der Waals surface area contributed by atoms with Gasteiger partial charge in [0.15, 0.2) is 0 Å². The highest BCUT2D eigenvalue weighted by Gasteiger charge is 2.44. The maximum absolute atomic E-state index is 13.0. The van der Waals surface area contributed by atoms with Crippen molar-refractivity contribution in [3.05, 3.63) is 84.4 Å². The highest BCUT2D eigenvalue weighted by Crippen LogP contribution is 2.37. The number of rotatable bonds is 4. The summed E-state index contributed by atoms with van der Waals surface area (Å²) >= 11 is 0. The average Bonchev–Trinajstić information content (AvgIpc) is 3.34. The Morgan fingerprint density at radius 1 is 1.00 bits per heavy atom. The van der Waals surface area contributed by atoms with Crippen molar-refractivity contribution >= 4 is 11.9 Å². The predicted octanol–water partition coefficient (Wildman–Crippen LogP) is 3.22. The van der Waals surface area contributed by atoms with Crippen molar-refractivity contribution in [3.63, 3.8) is 0 Å². The lowest BCUT2D eigenvalue weighted by atomic mass is 9.72. The van der Waals surface area contributed by atoms with Gasteiger partial charge in [-0.05, 0) is 42.7 Å². The molecule has 0 atom stereocenters. The summed E-state index contributed by atoms with van der Waals surface area (Å²) in [5.74, 6) is -0.255. The van der Waals surface area contributed by atoms with Crippen molar-refractivity contribution in [1.82, 2.24) is 14.5 Å². The molecule has 2 aromatic carbocycles. The number of hydrogen-bond donors (Lipinski definition) is 0. The van der Waals surface area contributed by atoms with Crippen LogP contribution in [-0.2, 0) is 14.9 Å². The number of imidazole rings is 1. The van der Waals surface area contributed by atoms with Gasteiger partial charge in [0.05, 0.1) is 18.9 Å². The quantitative estimate of drug-likeness (QED) is 0.643. The minimum absolute atomic E-state index is 0.0197. The number of carbonyl (C=O) groups excluding carboxylic acids is 2. The van der Waals surface area contributed by atoms with Crippen molar-refractivity contribution < 1.29 is 14.3 Å². The van der Waals surface area contributed by atoms with Gasteiger partial charge in [0, 0.05) is 36.7 Å². The fourth-order valence-electron chi connectivity index (χ4n) is 4.03. The van der Waals surface area contributed by atoms with E-state index < -0.39 is 5.41 Å². The molecule has 0 unspecified atom stereocenters. The van der Waals surface area contributed by atoms with Crippen LogP contribution in [0.4, 0.5) is 0 Å². The number of ether oxygens (including phenoxy) is 1. The first-order valence-electron chi connectivity index (χ1n) is 9.66. The van der Waals surface area contributed by atoms with Crippen LogP contribution >= 0.6 is 0 Å². The summed E-state index contributed by atoms with van der Waals surface area (Å²) in [6, 6.07) is 17.2. The molecule has 0 bridgehead atoms. The Kier molecular flexibility index (Phi) is 5.16. The molecule has 1 saturated heterocycles. The zero-order valence-corrected chi connectivity index (χ0v) is 16.3. The number of hydrogen-bond acceptors (Lipinski definition) is 4. The van der Waals surface area contributed by atoms with Gasteiger partial charge in [-0.25, -0.2) is 4.98 Å². The third kappa shape index (κ3) is 3.53. The maximum Gasteiger partial charge on any atom is 0.316 e. The first kappa shape index (κ1) is 18.9. The molecule has 1 amide bonds. The van der Waals surface area contributed by atoms with E-state index in [0.717, 1.165) is 11.3 Å². The number of methoxy groups -OCH3 is 1. The first-order chi connectivity index (χ1) is 14.1. The minimum atomic E-state index is -0.696. The van der Waals surface area contributed by atoms with Crippen molar-refractivity contribution in [2.75, 3.05) is 20.2 Å². The third-order valence-corrected chi connectivity index (χ3v) is 5.72. The van der Waals surface area contributed by atoms with Gasteiger partial charge in [-0.2, -0.15) is 0 Å². The van der Waals surface area contributed by atoms with Gasteiger partial charge in [-0.15, -0.1) is 0 Å². The highest BCUT2D eigenvalue weighted by atomic mass is 16.5. The fraction of sp³-hybridized carbons (Fsp3) is 0.261. The van der Waals surface area contributed by atoms with Gasteiger partial charge in [-0.1, -0.05) is 30.3 Å². The number of nitrogens with zero attached hydrogens (tertiary/aromatic N) is 3. The van der Waals surface area contributed by atoms with Crippen molar-refractivity contribution in [3.8, 4) is 5.69 Å². The average molecular weight is 389 g/mol. The Bertz CT molecular complexity index is 974. The first-order valence-corrected chi connectivity index (χ1v) is 9.66. The molecule has 148 valence electrons. The summed E-state index contributed by atoms with van der Waals surface area (Å²) in [7, 11) is 1.42. The van der Waals surface area contributed by atoms with Crippen LogP contribution in [0.2, 0.25) is 0 Å². The molecule has 6 nitrogen and oxygen atoms in total. The van der Waals surface area contributed by atoms with E-state index in [0.29, 0.717) is 31.5 Å². The third-order valence-electron chi connectivity index (χ3n) is 5.72. The lowest BCUT2D eigenvalue weighted by Gasteiger charge is -2.40. The summed E-state index contributed by atoms with van der Waals surface area (Å²) in [6.45, 7) is 1.01. The summed E-state index contributed by atoms with van der Waals surface area (Å²) in [6.07, 6.45) is 6.38. The Morgan fingerprint density at radius 3 is 2.28 bits per heavy atom. The molecule has 29 heavy (non-hydrogen) atoms. The fourth-order valence-corrected chi connectivity index (χ4v) is 4.03. The SMILES string of the molecule is COC(=O)C1(c2ccccc2)CCN(C(=O)c2ccc(-n3ccnc3)cc2)CC1. The number of amides is 1. The number of aromatic nitrogens is 2. The molecule has 0 aliphatic carbocycles. The number of esters is 1. The van der Waals surface area contributed by atoms with E-state index in [2.05, 4.69) is 4.98 Å². The smallest absolute Gasteiger partial charge is 0.316 e. The van der Waals surface area contributed by atoms with E-state index in [-0.39, 0.29) is 11.9 Å². The molecule has 6 heteroatoms. The molecule has 1 aliphatic rings. The molecule has 0 N–H and O–H groups in total. The Labute approximate surface area is 169 Å². The van der Waals surface area contributed by atoms with E-state index in [1.165, 1.54) is 7.11 Å². The molecular weight excluding hydrogens is 366 g/mol. The lowest BCUT2D eigenvalue weighted by molar-refractivity contribution is -0.149. The standard InChI is InChI=1S/C23H23N3O3/c1-29-22(28)23(19-5-3-2-4-6-19)11-14-25(15-12-23)21(27)18-7-9-20(10-8-18)26-16-13-24-17-26/h2-10,13,16-17H,11-12,14-15H2,1H3. The van der Waals surface area contributed by atoms with Crippen LogP contribution in [0.5, 0.6) is 0 Å². The number of likely N-dealkylation sites (tertiary alicyclic amines) is 1. The van der Waals surface area contributed by atoms with Crippen LogP contribution in [0.1, 0.15) is 28.8 Å². The number of benzene rings is 2. The van der Waals surface area contributed by atoms with Crippen LogP contribution in [0.25, 0.3) is 5.69 Å². The highest BCUT2D eigenvalue weighted by molar-refractivity contribution is 5.95. The summed E-state index contributed by atoms with van der Waals surface area (Å²) in [5.41, 5.74) is 1.84. The largest absolute Gasteiger partial charge is 0.468 e. The van der Waals surface area contributed by atoms with Crippen molar-refractivity contribution in [1.29, 1.82) is 0 Å². The normalized spacial score (nSPS) is 15.7. The van der Waals surface area contributed by atoms with Gasteiger partial charge < -0.3 is 14.2 Å². The molecule has 2 heterocycles. The summed E-state index contributed by atoms with van der Waals surface area (Å²) < 4.78 is 7.02. The molecule has 1 fully saturated rings. The summed E-state index contributed by atoms with van der Waals surface area (Å²) in [4.78, 5) is 31.5. The monoisotopic (exact) mass is 389 g/mol. The molecule has 4 rings (SSSR count). The van der Waals surface area contributed by atoms with Crippen molar-refractivity contribution in [2.24, 2.45) is 0 Å². The molecule has 1 aromatic heterocycles.